The van der Waals surface area contributed by atoms with Gasteiger partial charge in [-0.15, -0.1) is 0 Å². The predicted molar refractivity (Wildman–Crippen MR) is 83.3 cm³/mol. The van der Waals surface area contributed by atoms with Crippen LogP contribution in [0.15, 0.2) is 0 Å². The average molecular weight is 270 g/mol. The molecule has 0 fully saturated rings. The predicted octanol–water partition coefficient (Wildman–Crippen LogP) is 3.34. The molecule has 0 unspecified atom stereocenters. The minimum absolute atomic E-state index is 0.0843. The van der Waals surface area contributed by atoms with E-state index in [1.807, 2.05) is 0 Å². The number of hydrogen-bond donors (Lipinski definition) is 2. The first kappa shape index (κ1) is 18.4. The summed E-state index contributed by atoms with van der Waals surface area (Å²) in [7, 11) is 0. The number of nitrogens with one attached hydrogen (secondary N) is 2. The van der Waals surface area contributed by atoms with Gasteiger partial charge in [-0.05, 0) is 36.8 Å². The average Bonchev–Trinajstić information content (AvgIpc) is 2.17. The van der Waals surface area contributed by atoms with Gasteiger partial charge in [-0.1, -0.05) is 48.0 Å². The van der Waals surface area contributed by atoms with Crippen molar-refractivity contribution in [1.82, 2.24) is 10.6 Å². The van der Waals surface area contributed by atoms with Crippen molar-refractivity contribution in [3.63, 3.8) is 0 Å². The molecule has 3 heteroatoms. The normalized spacial score (nSPS) is 12.5. The maximum Gasteiger partial charge on any atom is 0.220 e. The van der Waals surface area contributed by atoms with Gasteiger partial charge < -0.3 is 10.6 Å². The molecule has 0 aromatic heterocycles. The van der Waals surface area contributed by atoms with Crippen LogP contribution in [0.1, 0.15) is 67.2 Å². The number of carbonyl (C=O) groups is 1. The van der Waals surface area contributed by atoms with E-state index >= 15 is 0 Å². The van der Waals surface area contributed by atoms with E-state index < -0.39 is 0 Å². The quantitative estimate of drug-likeness (QED) is 0.664. The van der Waals surface area contributed by atoms with Crippen LogP contribution in [0.4, 0.5) is 0 Å². The van der Waals surface area contributed by atoms with Gasteiger partial charge in [-0.3, -0.25) is 4.79 Å². The fraction of sp³-hybridized carbons (Fsp3) is 0.938. The van der Waals surface area contributed by atoms with Crippen molar-refractivity contribution in [3.8, 4) is 0 Å². The molecule has 0 atom stereocenters. The summed E-state index contributed by atoms with van der Waals surface area (Å²) in [6, 6.07) is 0. The van der Waals surface area contributed by atoms with E-state index in [9.17, 15) is 4.79 Å². The van der Waals surface area contributed by atoms with Crippen molar-refractivity contribution in [2.75, 3.05) is 19.6 Å². The Kier molecular flexibility index (Phi) is 8.31. The van der Waals surface area contributed by atoms with Crippen LogP contribution in [0.25, 0.3) is 0 Å². The second kappa shape index (κ2) is 8.57. The Labute approximate surface area is 119 Å². The Bertz CT molecular complexity index is 248. The number of rotatable bonds is 8. The van der Waals surface area contributed by atoms with E-state index in [4.69, 9.17) is 0 Å². The van der Waals surface area contributed by atoms with Crippen molar-refractivity contribution >= 4 is 5.91 Å². The molecule has 0 aliphatic rings. The largest absolute Gasteiger partial charge is 0.356 e. The Morgan fingerprint density at radius 2 is 1.42 bits per heavy atom. The molecule has 0 heterocycles. The molecule has 114 valence electrons. The number of amides is 1. The van der Waals surface area contributed by atoms with Crippen LogP contribution in [0, 0.1) is 10.8 Å². The van der Waals surface area contributed by atoms with E-state index in [1.165, 1.54) is 12.8 Å². The Balaban J connectivity index is 3.35. The lowest BCUT2D eigenvalue weighted by Gasteiger charge is -2.18. The minimum Gasteiger partial charge on any atom is -0.356 e. The van der Waals surface area contributed by atoms with E-state index in [0.717, 1.165) is 26.1 Å². The molecule has 0 bridgehead atoms. The first-order valence-electron chi connectivity index (χ1n) is 7.58. The highest BCUT2D eigenvalue weighted by atomic mass is 16.1. The highest BCUT2D eigenvalue weighted by Crippen LogP contribution is 2.17. The third kappa shape index (κ3) is 15.4. The highest BCUT2D eigenvalue weighted by Gasteiger charge is 2.15. The lowest BCUT2D eigenvalue weighted by molar-refractivity contribution is -0.122. The van der Waals surface area contributed by atoms with Gasteiger partial charge in [-0.25, -0.2) is 0 Å². The molecule has 3 nitrogen and oxygen atoms in total. The van der Waals surface area contributed by atoms with E-state index in [0.29, 0.717) is 11.8 Å². The van der Waals surface area contributed by atoms with Crippen molar-refractivity contribution < 1.29 is 4.79 Å². The van der Waals surface area contributed by atoms with Crippen LogP contribution in [0.2, 0.25) is 0 Å². The summed E-state index contributed by atoms with van der Waals surface area (Å²) in [5, 5.41) is 6.46. The zero-order chi connectivity index (χ0) is 14.9. The fourth-order valence-corrected chi connectivity index (χ4v) is 1.79. The first-order valence-corrected chi connectivity index (χ1v) is 7.58. The van der Waals surface area contributed by atoms with Crippen LogP contribution >= 0.6 is 0 Å². The summed E-state index contributed by atoms with van der Waals surface area (Å²) in [6.07, 6.45) is 4.05. The molecule has 0 saturated heterocycles. The first-order chi connectivity index (χ1) is 8.60. The smallest absolute Gasteiger partial charge is 0.220 e. The molecule has 19 heavy (non-hydrogen) atoms. The molecule has 0 aromatic rings. The van der Waals surface area contributed by atoms with E-state index in [2.05, 4.69) is 52.2 Å². The highest BCUT2D eigenvalue weighted by molar-refractivity contribution is 5.76. The van der Waals surface area contributed by atoms with Gasteiger partial charge in [0.05, 0.1) is 0 Å². The van der Waals surface area contributed by atoms with Crippen molar-refractivity contribution in [3.05, 3.63) is 0 Å². The fourth-order valence-electron chi connectivity index (χ4n) is 1.79. The topological polar surface area (TPSA) is 41.1 Å². The lowest BCUT2D eigenvalue weighted by Crippen LogP contribution is -2.29. The third-order valence-electron chi connectivity index (χ3n) is 2.70. The Hall–Kier alpha value is -0.570. The van der Waals surface area contributed by atoms with Crippen LogP contribution in [0.3, 0.4) is 0 Å². The molecule has 0 aromatic carbocycles. The third-order valence-corrected chi connectivity index (χ3v) is 2.70. The molecule has 2 N–H and O–H groups in total. The van der Waals surface area contributed by atoms with Gasteiger partial charge in [0.25, 0.3) is 0 Å². The maximum absolute atomic E-state index is 11.6. The van der Waals surface area contributed by atoms with E-state index in [1.54, 1.807) is 0 Å². The number of hydrogen-bond acceptors (Lipinski definition) is 2. The molecule has 0 radical (unpaired) electrons. The second-order valence-corrected chi connectivity index (χ2v) is 7.89. The Morgan fingerprint density at radius 1 is 0.842 bits per heavy atom. The zero-order valence-electron chi connectivity index (χ0n) is 13.9. The van der Waals surface area contributed by atoms with Gasteiger partial charge in [0.1, 0.15) is 0 Å². The van der Waals surface area contributed by atoms with Crippen molar-refractivity contribution in [2.24, 2.45) is 10.8 Å². The van der Waals surface area contributed by atoms with Crippen LogP contribution in [0.5, 0.6) is 0 Å². The van der Waals surface area contributed by atoms with Gasteiger partial charge in [0.15, 0.2) is 0 Å². The zero-order valence-corrected chi connectivity index (χ0v) is 13.9. The Morgan fingerprint density at radius 3 is 1.95 bits per heavy atom. The maximum atomic E-state index is 11.6. The minimum atomic E-state index is 0.0843. The second-order valence-electron chi connectivity index (χ2n) is 7.89. The standard InChI is InChI=1S/C16H34N2O/c1-15(2,3)12-14(19)18-11-9-7-8-10-17-13-16(4,5)6/h17H,7-13H2,1-6H3,(H,18,19). The van der Waals surface area contributed by atoms with Gasteiger partial charge in [0, 0.05) is 13.0 Å². The van der Waals surface area contributed by atoms with Crippen LogP contribution < -0.4 is 10.6 Å². The van der Waals surface area contributed by atoms with Gasteiger partial charge in [0.2, 0.25) is 5.91 Å². The number of unbranched alkanes of at least 4 members (excludes halogenated alkanes) is 2. The summed E-state index contributed by atoms with van der Waals surface area (Å²) in [5.74, 6) is 0.179. The summed E-state index contributed by atoms with van der Waals surface area (Å²) in [6.45, 7) is 15.9. The number of carbonyl (C=O) groups excluding carboxylic acids is 1. The monoisotopic (exact) mass is 270 g/mol. The summed E-state index contributed by atoms with van der Waals surface area (Å²) >= 11 is 0. The lowest BCUT2D eigenvalue weighted by atomic mass is 9.92. The molecule has 0 rings (SSSR count). The summed E-state index contributed by atoms with van der Waals surface area (Å²) in [5.41, 5.74) is 0.446. The molecule has 1 amide bonds. The molecule has 0 aliphatic carbocycles. The van der Waals surface area contributed by atoms with Crippen molar-refractivity contribution in [2.45, 2.75) is 67.2 Å². The van der Waals surface area contributed by atoms with Gasteiger partial charge >= 0.3 is 0 Å². The van der Waals surface area contributed by atoms with Crippen LogP contribution in [-0.2, 0) is 4.79 Å². The molecular formula is C16H34N2O. The summed E-state index contributed by atoms with van der Waals surface area (Å²) in [4.78, 5) is 11.6. The molecule has 0 aliphatic heterocycles. The molecule has 0 spiro atoms. The summed E-state index contributed by atoms with van der Waals surface area (Å²) < 4.78 is 0. The van der Waals surface area contributed by atoms with E-state index in [-0.39, 0.29) is 11.3 Å². The van der Waals surface area contributed by atoms with Crippen LogP contribution in [-0.4, -0.2) is 25.5 Å². The van der Waals surface area contributed by atoms with Crippen molar-refractivity contribution in [1.29, 1.82) is 0 Å². The molecular weight excluding hydrogens is 236 g/mol. The molecule has 0 saturated carbocycles. The van der Waals surface area contributed by atoms with Gasteiger partial charge in [-0.2, -0.15) is 0 Å². The SMILES string of the molecule is CC(C)(C)CNCCCCCNC(=O)CC(C)(C)C.